The van der Waals surface area contributed by atoms with Crippen LogP contribution in [0.3, 0.4) is 0 Å². The van der Waals surface area contributed by atoms with Gasteiger partial charge in [0.1, 0.15) is 0 Å². The van der Waals surface area contributed by atoms with E-state index in [-0.39, 0.29) is 24.0 Å². The molecule has 0 spiro atoms. The quantitative estimate of drug-likeness (QED) is 0.239. The highest BCUT2D eigenvalue weighted by atomic mass is 127. The van der Waals surface area contributed by atoms with Crippen molar-refractivity contribution in [2.45, 2.75) is 33.2 Å². The van der Waals surface area contributed by atoms with E-state index < -0.39 is 10.0 Å². The Kier molecular flexibility index (Phi) is 11.4. The summed E-state index contributed by atoms with van der Waals surface area (Å²) in [6.07, 6.45) is 2.31. The van der Waals surface area contributed by atoms with Crippen LogP contribution in [0.15, 0.2) is 4.99 Å². The third-order valence-corrected chi connectivity index (χ3v) is 4.59. The van der Waals surface area contributed by atoms with E-state index in [1.54, 1.807) is 0 Å². The maximum atomic E-state index is 11.1. The van der Waals surface area contributed by atoms with Crippen LogP contribution in [0.1, 0.15) is 27.2 Å². The van der Waals surface area contributed by atoms with Gasteiger partial charge < -0.3 is 10.2 Å². The summed E-state index contributed by atoms with van der Waals surface area (Å²) in [7, 11) is -3.14. The van der Waals surface area contributed by atoms with Gasteiger partial charge >= 0.3 is 0 Å². The van der Waals surface area contributed by atoms with Gasteiger partial charge in [-0.05, 0) is 26.4 Å². The van der Waals surface area contributed by atoms with Crippen LogP contribution in [0.4, 0.5) is 0 Å². The molecule has 9 heteroatoms. The van der Waals surface area contributed by atoms with Crippen LogP contribution in [0.5, 0.6) is 0 Å². The summed E-state index contributed by atoms with van der Waals surface area (Å²) in [4.78, 5) is 9.28. The number of rotatable bonds is 8. The number of sulfonamides is 1. The van der Waals surface area contributed by atoms with Crippen molar-refractivity contribution < 1.29 is 8.42 Å². The van der Waals surface area contributed by atoms with Crippen LogP contribution in [0.25, 0.3) is 0 Å². The molecule has 0 aromatic carbocycles. The maximum Gasteiger partial charge on any atom is 0.208 e. The van der Waals surface area contributed by atoms with Gasteiger partial charge in [-0.25, -0.2) is 13.1 Å². The monoisotopic (exact) mass is 461 g/mol. The van der Waals surface area contributed by atoms with Crippen LogP contribution in [-0.2, 0) is 10.0 Å². The van der Waals surface area contributed by atoms with Gasteiger partial charge in [0.2, 0.25) is 10.0 Å². The van der Waals surface area contributed by atoms with E-state index in [9.17, 15) is 8.42 Å². The van der Waals surface area contributed by atoms with E-state index in [4.69, 9.17) is 0 Å². The number of nitrogens with one attached hydrogen (secondary N) is 2. The van der Waals surface area contributed by atoms with Crippen molar-refractivity contribution in [3.63, 3.8) is 0 Å². The molecule has 0 radical (unpaired) electrons. The SMILES string of the molecule is CCNC(=NCCNS(C)(=O)=O)N1CCC(N(CC)CC)C1.I. The highest BCUT2D eigenvalue weighted by Crippen LogP contribution is 2.15. The fraction of sp³-hybridized carbons (Fsp3) is 0.929. The van der Waals surface area contributed by atoms with Crippen LogP contribution in [-0.4, -0.2) is 82.3 Å². The van der Waals surface area contributed by atoms with E-state index in [0.717, 1.165) is 51.4 Å². The van der Waals surface area contributed by atoms with Crippen molar-refractivity contribution >= 4 is 40.0 Å². The molecule has 0 aromatic heterocycles. The van der Waals surface area contributed by atoms with Gasteiger partial charge in [-0.1, -0.05) is 13.8 Å². The minimum atomic E-state index is -3.14. The lowest BCUT2D eigenvalue weighted by molar-refractivity contribution is 0.223. The largest absolute Gasteiger partial charge is 0.357 e. The first-order valence-corrected chi connectivity index (χ1v) is 10.0. The molecule has 0 amide bonds. The molecule has 1 heterocycles. The summed E-state index contributed by atoms with van der Waals surface area (Å²) >= 11 is 0. The van der Waals surface area contributed by atoms with Gasteiger partial charge in [0.05, 0.1) is 12.8 Å². The topological polar surface area (TPSA) is 77.0 Å². The first-order valence-electron chi connectivity index (χ1n) is 8.13. The van der Waals surface area contributed by atoms with Gasteiger partial charge in [-0.3, -0.25) is 9.89 Å². The van der Waals surface area contributed by atoms with E-state index in [1.165, 1.54) is 0 Å². The van der Waals surface area contributed by atoms with Crippen molar-refractivity contribution in [3.8, 4) is 0 Å². The second-order valence-electron chi connectivity index (χ2n) is 5.51. The Labute approximate surface area is 158 Å². The Morgan fingerprint density at radius 3 is 2.48 bits per heavy atom. The van der Waals surface area contributed by atoms with E-state index in [0.29, 0.717) is 19.1 Å². The van der Waals surface area contributed by atoms with Crippen LogP contribution in [0.2, 0.25) is 0 Å². The third kappa shape index (κ3) is 8.50. The molecule has 1 fully saturated rings. The Bertz CT molecular complexity index is 454. The lowest BCUT2D eigenvalue weighted by Gasteiger charge is -2.27. The Hall–Kier alpha value is -0.130. The first kappa shape index (κ1) is 22.9. The van der Waals surface area contributed by atoms with Gasteiger partial charge in [-0.2, -0.15) is 0 Å². The van der Waals surface area contributed by atoms with E-state index in [2.05, 4.69) is 38.7 Å². The van der Waals surface area contributed by atoms with Crippen molar-refractivity contribution in [2.24, 2.45) is 4.99 Å². The number of likely N-dealkylation sites (N-methyl/N-ethyl adjacent to an activating group) is 1. The molecule has 0 aliphatic carbocycles. The molecule has 23 heavy (non-hydrogen) atoms. The predicted octanol–water partition coefficient (Wildman–Crippen LogP) is 0.535. The zero-order valence-electron chi connectivity index (χ0n) is 14.7. The molecule has 1 aliphatic rings. The molecule has 1 atom stereocenters. The van der Waals surface area contributed by atoms with Crippen molar-refractivity contribution in [2.75, 3.05) is 52.1 Å². The Morgan fingerprint density at radius 2 is 1.96 bits per heavy atom. The van der Waals surface area contributed by atoms with Gasteiger partial charge in [0.15, 0.2) is 5.96 Å². The van der Waals surface area contributed by atoms with Crippen LogP contribution in [0, 0.1) is 0 Å². The second-order valence-corrected chi connectivity index (χ2v) is 7.34. The summed E-state index contributed by atoms with van der Waals surface area (Å²) in [6.45, 7) is 12.1. The van der Waals surface area contributed by atoms with Crippen LogP contribution >= 0.6 is 24.0 Å². The summed E-state index contributed by atoms with van der Waals surface area (Å²) in [5.74, 6) is 0.882. The Balaban J connectivity index is 0.00000484. The number of guanidine groups is 1. The maximum absolute atomic E-state index is 11.1. The molecule has 1 rings (SSSR count). The molecular weight excluding hydrogens is 429 g/mol. The summed E-state index contributed by atoms with van der Waals surface area (Å²) in [5.41, 5.74) is 0. The molecule has 7 nitrogen and oxygen atoms in total. The highest BCUT2D eigenvalue weighted by molar-refractivity contribution is 14.0. The average molecular weight is 461 g/mol. The standard InChI is InChI=1S/C14H31N5O2S.HI/c1-5-15-14(16-9-10-17-22(4,20)21)19-11-8-13(12-19)18(6-2)7-3;/h13,17H,5-12H2,1-4H3,(H,15,16);1H. The molecular formula is C14H32IN5O2S. The lowest BCUT2D eigenvalue weighted by Crippen LogP contribution is -2.43. The number of hydrogen-bond donors (Lipinski definition) is 2. The third-order valence-electron chi connectivity index (χ3n) is 3.86. The van der Waals surface area contributed by atoms with Crippen LogP contribution < -0.4 is 10.0 Å². The molecule has 2 N–H and O–H groups in total. The minimum absolute atomic E-state index is 0. The number of hydrogen-bond acceptors (Lipinski definition) is 4. The average Bonchev–Trinajstić information content (AvgIpc) is 2.92. The van der Waals surface area contributed by atoms with Crippen molar-refractivity contribution in [3.05, 3.63) is 0 Å². The number of halogens is 1. The molecule has 1 aliphatic heterocycles. The summed E-state index contributed by atoms with van der Waals surface area (Å²) < 4.78 is 24.6. The van der Waals surface area contributed by atoms with Gasteiger partial charge in [-0.15, -0.1) is 24.0 Å². The van der Waals surface area contributed by atoms with E-state index >= 15 is 0 Å². The first-order chi connectivity index (χ1) is 10.4. The summed E-state index contributed by atoms with van der Waals surface area (Å²) in [5, 5.41) is 3.30. The highest BCUT2D eigenvalue weighted by Gasteiger charge is 2.27. The smallest absolute Gasteiger partial charge is 0.208 e. The molecule has 1 unspecified atom stereocenters. The minimum Gasteiger partial charge on any atom is -0.357 e. The number of likely N-dealkylation sites (tertiary alicyclic amines) is 1. The molecule has 0 saturated carbocycles. The van der Waals surface area contributed by atoms with Crippen molar-refractivity contribution in [1.82, 2.24) is 19.8 Å². The second kappa shape index (κ2) is 11.4. The lowest BCUT2D eigenvalue weighted by atomic mass is 10.2. The molecule has 0 aromatic rings. The molecule has 138 valence electrons. The number of aliphatic imine (C=N–C) groups is 1. The molecule has 1 saturated heterocycles. The van der Waals surface area contributed by atoms with E-state index in [1.807, 2.05) is 6.92 Å². The Morgan fingerprint density at radius 1 is 1.30 bits per heavy atom. The fourth-order valence-electron chi connectivity index (χ4n) is 2.79. The summed E-state index contributed by atoms with van der Waals surface area (Å²) in [6, 6.07) is 0.577. The van der Waals surface area contributed by atoms with Crippen molar-refractivity contribution in [1.29, 1.82) is 0 Å². The zero-order valence-corrected chi connectivity index (χ0v) is 17.9. The van der Waals surface area contributed by atoms with Gasteiger partial charge in [0.25, 0.3) is 0 Å². The zero-order chi connectivity index (χ0) is 16.6. The fourth-order valence-corrected chi connectivity index (χ4v) is 3.25. The van der Waals surface area contributed by atoms with Gasteiger partial charge in [0, 0.05) is 32.2 Å². The normalized spacial score (nSPS) is 19.1. The predicted molar refractivity (Wildman–Crippen MR) is 107 cm³/mol. The number of nitrogens with zero attached hydrogens (tertiary/aromatic N) is 3. The molecule has 0 bridgehead atoms.